The van der Waals surface area contributed by atoms with Crippen LogP contribution in [-0.4, -0.2) is 18.8 Å². The molecular formula is C10H23IOSi. The maximum atomic E-state index is 6.17. The van der Waals surface area contributed by atoms with Crippen LogP contribution in [0, 0.1) is 0 Å². The van der Waals surface area contributed by atoms with Crippen LogP contribution < -0.4 is 0 Å². The quantitative estimate of drug-likeness (QED) is 0.388. The summed E-state index contributed by atoms with van der Waals surface area (Å²) in [6.45, 7) is 9.06. The van der Waals surface area contributed by atoms with Crippen LogP contribution >= 0.6 is 22.6 Å². The van der Waals surface area contributed by atoms with E-state index in [0.29, 0.717) is 6.10 Å². The molecule has 0 aliphatic heterocycles. The van der Waals surface area contributed by atoms with Gasteiger partial charge in [-0.15, -0.1) is 0 Å². The minimum absolute atomic E-state index is 0.464. The van der Waals surface area contributed by atoms with E-state index in [1.807, 2.05) is 0 Å². The van der Waals surface area contributed by atoms with Gasteiger partial charge in [-0.2, -0.15) is 0 Å². The molecular weight excluding hydrogens is 291 g/mol. The first kappa shape index (κ1) is 13.9. The third-order valence-corrected chi connectivity index (χ3v) is 7.29. The molecule has 0 bridgehead atoms. The molecule has 2 unspecified atom stereocenters. The van der Waals surface area contributed by atoms with E-state index in [9.17, 15) is 0 Å². The van der Waals surface area contributed by atoms with Crippen molar-refractivity contribution >= 4 is 30.9 Å². The molecule has 0 N–H and O–H groups in total. The van der Waals surface area contributed by atoms with Crippen LogP contribution in [0.1, 0.15) is 33.6 Å². The van der Waals surface area contributed by atoms with E-state index in [0.717, 1.165) is 6.42 Å². The monoisotopic (exact) mass is 314 g/mol. The third-order valence-electron chi connectivity index (χ3n) is 2.65. The molecule has 0 radical (unpaired) electrons. The predicted molar refractivity (Wildman–Crippen MR) is 71.2 cm³/mol. The van der Waals surface area contributed by atoms with Gasteiger partial charge in [-0.1, -0.05) is 36.4 Å². The van der Waals surface area contributed by atoms with Gasteiger partial charge in [-0.25, -0.2) is 0 Å². The van der Waals surface area contributed by atoms with Gasteiger partial charge >= 0.3 is 0 Å². The molecule has 0 aromatic carbocycles. The van der Waals surface area contributed by atoms with E-state index in [1.54, 1.807) is 0 Å². The van der Waals surface area contributed by atoms with E-state index in [2.05, 4.69) is 49.9 Å². The predicted octanol–water partition coefficient (Wildman–Crippen LogP) is 4.22. The Labute approximate surface area is 97.9 Å². The Morgan fingerprint density at radius 2 is 2.00 bits per heavy atom. The molecule has 0 aromatic rings. The molecule has 80 valence electrons. The molecule has 0 aliphatic carbocycles. The smallest absolute Gasteiger partial charge is 0.189 e. The highest BCUT2D eigenvalue weighted by atomic mass is 127. The average Bonchev–Trinajstić information content (AvgIpc) is 2.14. The van der Waals surface area contributed by atoms with Crippen molar-refractivity contribution in [2.45, 2.75) is 58.4 Å². The second-order valence-corrected chi connectivity index (χ2v) is 9.35. The van der Waals surface area contributed by atoms with Gasteiger partial charge in [-0.3, -0.25) is 0 Å². The second kappa shape index (κ2) is 7.23. The Balaban J connectivity index is 3.94. The molecule has 3 heteroatoms. The summed E-state index contributed by atoms with van der Waals surface area (Å²) in [5, 5.41) is 0. The van der Waals surface area contributed by atoms with Crippen molar-refractivity contribution in [3.05, 3.63) is 0 Å². The van der Waals surface area contributed by atoms with Gasteiger partial charge in [-0.05, 0) is 42.8 Å². The van der Waals surface area contributed by atoms with E-state index in [1.165, 1.54) is 22.9 Å². The Morgan fingerprint density at radius 1 is 1.38 bits per heavy atom. The van der Waals surface area contributed by atoms with Crippen LogP contribution in [0.5, 0.6) is 0 Å². The summed E-state index contributed by atoms with van der Waals surface area (Å²) in [7, 11) is -1.33. The van der Waals surface area contributed by atoms with Gasteiger partial charge in [0.15, 0.2) is 8.32 Å². The first-order chi connectivity index (χ1) is 6.08. The Morgan fingerprint density at radius 3 is 2.38 bits per heavy atom. The van der Waals surface area contributed by atoms with E-state index >= 15 is 0 Å². The number of rotatable bonds is 7. The summed E-state index contributed by atoms with van der Waals surface area (Å²) in [4.78, 5) is 0. The molecule has 0 saturated carbocycles. The highest BCUT2D eigenvalue weighted by Gasteiger charge is 2.27. The largest absolute Gasteiger partial charge is 0.415 e. The lowest BCUT2D eigenvalue weighted by Crippen LogP contribution is -2.36. The minimum Gasteiger partial charge on any atom is -0.415 e. The zero-order chi connectivity index (χ0) is 10.3. The highest BCUT2D eigenvalue weighted by molar-refractivity contribution is 14.1. The van der Waals surface area contributed by atoms with Crippen LogP contribution in [0.3, 0.4) is 0 Å². The van der Waals surface area contributed by atoms with Gasteiger partial charge in [0, 0.05) is 6.10 Å². The van der Waals surface area contributed by atoms with Gasteiger partial charge in [0.1, 0.15) is 0 Å². The molecule has 0 aromatic heterocycles. The van der Waals surface area contributed by atoms with Crippen LogP contribution in [0.4, 0.5) is 0 Å². The van der Waals surface area contributed by atoms with Gasteiger partial charge < -0.3 is 4.43 Å². The van der Waals surface area contributed by atoms with Crippen molar-refractivity contribution in [3.63, 3.8) is 0 Å². The van der Waals surface area contributed by atoms with E-state index in [4.69, 9.17) is 4.43 Å². The number of hydrogen-bond donors (Lipinski definition) is 0. The summed E-state index contributed by atoms with van der Waals surface area (Å²) in [6.07, 6.45) is 2.94. The van der Waals surface area contributed by atoms with Gasteiger partial charge in [0.2, 0.25) is 0 Å². The van der Waals surface area contributed by atoms with Crippen LogP contribution in [0.25, 0.3) is 0 Å². The molecule has 0 fully saturated rings. The molecule has 13 heavy (non-hydrogen) atoms. The Bertz CT molecular complexity index is 132. The van der Waals surface area contributed by atoms with Crippen molar-refractivity contribution in [3.8, 4) is 0 Å². The van der Waals surface area contributed by atoms with Crippen molar-refractivity contribution in [2.24, 2.45) is 0 Å². The Kier molecular flexibility index (Phi) is 7.74. The fourth-order valence-corrected chi connectivity index (χ4v) is 5.13. The molecule has 0 aliphatic rings. The maximum absolute atomic E-state index is 6.17. The molecule has 0 amide bonds. The first-order valence-electron chi connectivity index (χ1n) is 5.31. The standard InChI is InChI=1S/C10H23IOSi/c1-5-10(3)12-13(4,6-2)9-7-8-11/h10H,5-9H2,1-4H3. The van der Waals surface area contributed by atoms with Crippen molar-refractivity contribution < 1.29 is 4.43 Å². The molecule has 0 saturated heterocycles. The van der Waals surface area contributed by atoms with Crippen LogP contribution in [0.2, 0.25) is 18.6 Å². The lowest BCUT2D eigenvalue weighted by molar-refractivity contribution is 0.203. The van der Waals surface area contributed by atoms with Crippen LogP contribution in [0.15, 0.2) is 0 Å². The fraction of sp³-hybridized carbons (Fsp3) is 1.00. The molecule has 2 atom stereocenters. The number of alkyl halides is 1. The normalized spacial score (nSPS) is 18.2. The second-order valence-electron chi connectivity index (χ2n) is 3.93. The summed E-state index contributed by atoms with van der Waals surface area (Å²) in [5.41, 5.74) is 0. The third kappa shape index (κ3) is 6.07. The van der Waals surface area contributed by atoms with Gasteiger partial charge in [0.05, 0.1) is 0 Å². The lowest BCUT2D eigenvalue weighted by atomic mass is 10.3. The molecule has 0 heterocycles. The zero-order valence-electron chi connectivity index (χ0n) is 9.40. The van der Waals surface area contributed by atoms with E-state index in [-0.39, 0.29) is 0 Å². The Hall–Kier alpha value is 0.907. The zero-order valence-corrected chi connectivity index (χ0v) is 12.6. The lowest BCUT2D eigenvalue weighted by Gasteiger charge is -2.29. The topological polar surface area (TPSA) is 9.23 Å². The summed E-state index contributed by atoms with van der Waals surface area (Å²) >= 11 is 2.45. The van der Waals surface area contributed by atoms with Crippen LogP contribution in [-0.2, 0) is 4.43 Å². The van der Waals surface area contributed by atoms with E-state index < -0.39 is 8.32 Å². The summed E-state index contributed by atoms with van der Waals surface area (Å²) < 4.78 is 7.44. The summed E-state index contributed by atoms with van der Waals surface area (Å²) in [6, 6.07) is 2.59. The SMILES string of the molecule is CCC(C)O[Si](C)(CC)CCCI. The first-order valence-corrected chi connectivity index (χ1v) is 9.66. The fourth-order valence-electron chi connectivity index (χ4n) is 1.33. The molecule has 0 spiro atoms. The van der Waals surface area contributed by atoms with Gasteiger partial charge in [0.25, 0.3) is 0 Å². The average molecular weight is 314 g/mol. The van der Waals surface area contributed by atoms with Crippen molar-refractivity contribution in [2.75, 3.05) is 4.43 Å². The molecule has 1 nitrogen and oxygen atoms in total. The minimum atomic E-state index is -1.33. The van der Waals surface area contributed by atoms with Crippen molar-refractivity contribution in [1.29, 1.82) is 0 Å². The number of hydrogen-bond acceptors (Lipinski definition) is 1. The highest BCUT2D eigenvalue weighted by Crippen LogP contribution is 2.22. The maximum Gasteiger partial charge on any atom is 0.189 e. The summed E-state index contributed by atoms with van der Waals surface area (Å²) in [5.74, 6) is 0. The van der Waals surface area contributed by atoms with Crippen molar-refractivity contribution in [1.82, 2.24) is 0 Å². The number of halogens is 1. The molecule has 0 rings (SSSR count).